The number of benzene rings is 1. The monoisotopic (exact) mass is 291 g/mol. The van der Waals surface area contributed by atoms with Gasteiger partial charge in [0.15, 0.2) is 0 Å². The minimum atomic E-state index is -0.715. The van der Waals surface area contributed by atoms with Crippen molar-refractivity contribution >= 4 is 11.7 Å². The van der Waals surface area contributed by atoms with Gasteiger partial charge in [-0.1, -0.05) is 24.6 Å². The lowest BCUT2D eigenvalue weighted by Crippen LogP contribution is -2.57. The maximum atomic E-state index is 12.4. The number of carbonyl (C=O) groups is 1. The molecule has 2 rings (SSSR count). The SMILES string of the molecule is CCC1(C)CC(Nc2ccc(C)cc2)(C(=O)OC)CCO1. The third kappa shape index (κ3) is 3.38. The molecular weight excluding hydrogens is 266 g/mol. The van der Waals surface area contributed by atoms with E-state index >= 15 is 0 Å². The van der Waals surface area contributed by atoms with E-state index < -0.39 is 5.54 Å². The highest BCUT2D eigenvalue weighted by molar-refractivity contribution is 5.85. The summed E-state index contributed by atoms with van der Waals surface area (Å²) in [5.74, 6) is -0.217. The van der Waals surface area contributed by atoms with E-state index in [0.29, 0.717) is 19.4 Å². The van der Waals surface area contributed by atoms with Crippen LogP contribution in [0, 0.1) is 6.92 Å². The summed E-state index contributed by atoms with van der Waals surface area (Å²) in [5.41, 5.74) is 1.11. The van der Waals surface area contributed by atoms with E-state index in [0.717, 1.165) is 12.1 Å². The molecule has 1 aliphatic rings. The molecule has 1 aromatic carbocycles. The first kappa shape index (κ1) is 15.8. The van der Waals surface area contributed by atoms with Gasteiger partial charge in [0.25, 0.3) is 0 Å². The zero-order valence-electron chi connectivity index (χ0n) is 13.4. The molecule has 4 nitrogen and oxygen atoms in total. The summed E-state index contributed by atoms with van der Waals surface area (Å²) in [6.07, 6.45) is 2.08. The zero-order chi connectivity index (χ0) is 15.5. The van der Waals surface area contributed by atoms with Crippen LogP contribution in [0.2, 0.25) is 0 Å². The van der Waals surface area contributed by atoms with Crippen molar-refractivity contribution < 1.29 is 14.3 Å². The predicted molar refractivity (Wildman–Crippen MR) is 83.4 cm³/mol. The van der Waals surface area contributed by atoms with E-state index in [2.05, 4.69) is 19.2 Å². The number of nitrogens with one attached hydrogen (secondary N) is 1. The van der Waals surface area contributed by atoms with Crippen LogP contribution in [0.1, 0.15) is 38.7 Å². The van der Waals surface area contributed by atoms with Gasteiger partial charge in [-0.2, -0.15) is 0 Å². The van der Waals surface area contributed by atoms with Crippen molar-refractivity contribution in [3.05, 3.63) is 29.8 Å². The van der Waals surface area contributed by atoms with E-state index in [1.807, 2.05) is 31.2 Å². The fourth-order valence-electron chi connectivity index (χ4n) is 2.92. The van der Waals surface area contributed by atoms with Gasteiger partial charge in [0.2, 0.25) is 0 Å². The van der Waals surface area contributed by atoms with E-state index in [4.69, 9.17) is 9.47 Å². The van der Waals surface area contributed by atoms with Crippen molar-refractivity contribution in [2.24, 2.45) is 0 Å². The van der Waals surface area contributed by atoms with Gasteiger partial charge >= 0.3 is 5.97 Å². The molecule has 1 aliphatic heterocycles. The summed E-state index contributed by atoms with van der Waals surface area (Å²) in [4.78, 5) is 12.4. The first-order valence-electron chi connectivity index (χ1n) is 7.50. The zero-order valence-corrected chi connectivity index (χ0v) is 13.4. The van der Waals surface area contributed by atoms with Crippen LogP contribution in [-0.4, -0.2) is 30.8 Å². The molecule has 0 aliphatic carbocycles. The fraction of sp³-hybridized carbons (Fsp3) is 0.588. The Morgan fingerprint density at radius 1 is 1.38 bits per heavy atom. The Bertz CT molecular complexity index is 499. The largest absolute Gasteiger partial charge is 0.467 e. The molecule has 0 aromatic heterocycles. The Balaban J connectivity index is 2.29. The van der Waals surface area contributed by atoms with Crippen LogP contribution in [0.4, 0.5) is 5.69 Å². The molecule has 1 N–H and O–H groups in total. The topological polar surface area (TPSA) is 47.6 Å². The van der Waals surface area contributed by atoms with Crippen LogP contribution in [0.25, 0.3) is 0 Å². The summed E-state index contributed by atoms with van der Waals surface area (Å²) in [5, 5.41) is 3.41. The number of rotatable bonds is 4. The first-order chi connectivity index (χ1) is 9.93. The summed E-state index contributed by atoms with van der Waals surface area (Å²) in [7, 11) is 1.44. The number of carbonyl (C=O) groups excluding carboxylic acids is 1. The maximum absolute atomic E-state index is 12.4. The van der Waals surface area contributed by atoms with E-state index in [9.17, 15) is 4.79 Å². The van der Waals surface area contributed by atoms with Gasteiger partial charge in [0.05, 0.1) is 19.3 Å². The molecule has 0 radical (unpaired) electrons. The van der Waals surface area contributed by atoms with Crippen molar-refractivity contribution in [3.63, 3.8) is 0 Å². The van der Waals surface area contributed by atoms with Gasteiger partial charge in [-0.15, -0.1) is 0 Å². The molecule has 1 aromatic rings. The van der Waals surface area contributed by atoms with Crippen LogP contribution < -0.4 is 5.32 Å². The average molecular weight is 291 g/mol. The summed E-state index contributed by atoms with van der Waals surface area (Å²) in [6, 6.07) is 8.06. The van der Waals surface area contributed by atoms with Crippen molar-refractivity contribution in [1.82, 2.24) is 0 Å². The van der Waals surface area contributed by atoms with Gasteiger partial charge in [0, 0.05) is 18.5 Å². The molecule has 1 heterocycles. The number of ether oxygens (including phenoxy) is 2. The lowest BCUT2D eigenvalue weighted by Gasteiger charge is -2.45. The third-order valence-corrected chi connectivity index (χ3v) is 4.41. The molecule has 21 heavy (non-hydrogen) atoms. The Morgan fingerprint density at radius 3 is 2.62 bits per heavy atom. The Morgan fingerprint density at radius 2 is 2.05 bits per heavy atom. The number of anilines is 1. The molecule has 1 fully saturated rings. The highest BCUT2D eigenvalue weighted by Crippen LogP contribution is 2.37. The molecule has 0 spiro atoms. The molecular formula is C17H25NO3. The van der Waals surface area contributed by atoms with E-state index in [-0.39, 0.29) is 11.6 Å². The second-order valence-corrected chi connectivity index (χ2v) is 6.14. The summed E-state index contributed by atoms with van der Waals surface area (Å²) in [6.45, 7) is 6.74. The van der Waals surface area contributed by atoms with Crippen LogP contribution in [0.5, 0.6) is 0 Å². The molecule has 2 unspecified atom stereocenters. The number of methoxy groups -OCH3 is 1. The minimum Gasteiger partial charge on any atom is -0.467 e. The summed E-state index contributed by atoms with van der Waals surface area (Å²) >= 11 is 0. The molecule has 0 amide bonds. The van der Waals surface area contributed by atoms with Gasteiger partial charge in [-0.3, -0.25) is 0 Å². The molecule has 0 saturated carbocycles. The van der Waals surface area contributed by atoms with Gasteiger partial charge in [-0.05, 0) is 32.4 Å². The summed E-state index contributed by atoms with van der Waals surface area (Å²) < 4.78 is 10.9. The number of hydrogen-bond donors (Lipinski definition) is 1. The number of aryl methyl sites for hydroxylation is 1. The molecule has 4 heteroatoms. The second kappa shape index (κ2) is 6.06. The molecule has 116 valence electrons. The lowest BCUT2D eigenvalue weighted by molar-refractivity contribution is -0.158. The minimum absolute atomic E-state index is 0.217. The molecule has 0 bridgehead atoms. The Kier molecular flexibility index (Phi) is 4.57. The standard InChI is InChI=1S/C17H25NO3/c1-5-16(3)12-17(10-11-21-16,15(19)20-4)18-14-8-6-13(2)7-9-14/h6-9,18H,5,10-12H2,1-4H3. The molecule has 2 atom stereocenters. The van der Waals surface area contributed by atoms with E-state index in [1.165, 1.54) is 12.7 Å². The quantitative estimate of drug-likeness (QED) is 0.865. The highest BCUT2D eigenvalue weighted by Gasteiger charge is 2.48. The fourth-order valence-corrected chi connectivity index (χ4v) is 2.92. The third-order valence-electron chi connectivity index (χ3n) is 4.41. The van der Waals surface area contributed by atoms with Crippen molar-refractivity contribution in [3.8, 4) is 0 Å². The van der Waals surface area contributed by atoms with Crippen molar-refractivity contribution in [2.45, 2.75) is 51.2 Å². The normalized spacial score (nSPS) is 29.0. The first-order valence-corrected chi connectivity index (χ1v) is 7.50. The van der Waals surface area contributed by atoms with Crippen LogP contribution in [-0.2, 0) is 14.3 Å². The van der Waals surface area contributed by atoms with Crippen molar-refractivity contribution in [2.75, 3.05) is 19.0 Å². The number of esters is 1. The Hall–Kier alpha value is -1.55. The lowest BCUT2D eigenvalue weighted by atomic mass is 9.79. The Labute approximate surface area is 126 Å². The predicted octanol–water partition coefficient (Wildman–Crippen LogP) is 3.30. The van der Waals surface area contributed by atoms with Gasteiger partial charge < -0.3 is 14.8 Å². The smallest absolute Gasteiger partial charge is 0.331 e. The van der Waals surface area contributed by atoms with Crippen LogP contribution in [0.15, 0.2) is 24.3 Å². The highest BCUT2D eigenvalue weighted by atomic mass is 16.5. The number of hydrogen-bond acceptors (Lipinski definition) is 4. The average Bonchev–Trinajstić information content (AvgIpc) is 2.49. The maximum Gasteiger partial charge on any atom is 0.331 e. The van der Waals surface area contributed by atoms with Crippen molar-refractivity contribution in [1.29, 1.82) is 0 Å². The van der Waals surface area contributed by atoms with Crippen LogP contribution in [0.3, 0.4) is 0 Å². The van der Waals surface area contributed by atoms with Crippen LogP contribution >= 0.6 is 0 Å². The molecule has 1 saturated heterocycles. The van der Waals surface area contributed by atoms with Gasteiger partial charge in [0.1, 0.15) is 5.54 Å². The van der Waals surface area contributed by atoms with E-state index in [1.54, 1.807) is 0 Å². The second-order valence-electron chi connectivity index (χ2n) is 6.14. The van der Waals surface area contributed by atoms with Gasteiger partial charge in [-0.25, -0.2) is 4.79 Å².